The molecule has 0 saturated heterocycles. The predicted molar refractivity (Wildman–Crippen MR) is 146 cm³/mol. The van der Waals surface area contributed by atoms with Gasteiger partial charge < -0.3 is 0 Å². The summed E-state index contributed by atoms with van der Waals surface area (Å²) < 4.78 is 52.3. The van der Waals surface area contributed by atoms with Gasteiger partial charge in [-0.1, -0.05) is 46.0 Å². The van der Waals surface area contributed by atoms with Crippen molar-refractivity contribution in [1.29, 1.82) is 0 Å². The molecule has 0 fully saturated rings. The number of nitrogens with two attached hydrogens (primary N) is 1. The lowest BCUT2D eigenvalue weighted by molar-refractivity contribution is 0.562. The van der Waals surface area contributed by atoms with Crippen molar-refractivity contribution in [1.82, 2.24) is 19.3 Å². The van der Waals surface area contributed by atoms with E-state index in [0.29, 0.717) is 23.6 Å². The second-order valence-corrected chi connectivity index (χ2v) is 12.8. The standard InChI is InChI=1S/C24H34N8O4S2/c1-5-6-7-8-9-10-13-37(33,34)27-15-17(2)23-28-24-22(18(3)16-32(24)31-23)30-29-20-12-11-19(38(25,35)36)14-21(20)26-4/h11-12,14,16-17,27H,5-10,13,15H2,1-3H3,(H,28,31)(H2,25,35,36). The maximum absolute atomic E-state index is 12.4. The molecule has 0 radical (unpaired) electrons. The van der Waals surface area contributed by atoms with E-state index in [9.17, 15) is 16.8 Å². The highest BCUT2D eigenvalue weighted by Crippen LogP contribution is 2.34. The minimum absolute atomic E-state index is 0.00189. The fourth-order valence-corrected chi connectivity index (χ4v) is 5.62. The maximum Gasteiger partial charge on any atom is 0.236 e. The fourth-order valence-electron chi connectivity index (χ4n) is 3.86. The Kier molecular flexibility index (Phi) is 9.77. The van der Waals surface area contributed by atoms with E-state index in [2.05, 4.69) is 36.8 Å². The summed E-state index contributed by atoms with van der Waals surface area (Å²) in [4.78, 5) is 7.75. The van der Waals surface area contributed by atoms with Gasteiger partial charge in [-0.3, -0.25) is 5.10 Å². The molecule has 1 aromatic carbocycles. The number of unbranched alkanes of at least 4 members (excludes halogenated alkanes) is 5. The third-order valence-electron chi connectivity index (χ3n) is 6.09. The fraction of sp³-hybridized carbons (Fsp3) is 0.500. The van der Waals surface area contributed by atoms with Crippen LogP contribution in [0.3, 0.4) is 0 Å². The van der Waals surface area contributed by atoms with Crippen molar-refractivity contribution < 1.29 is 16.8 Å². The Balaban J connectivity index is 1.69. The van der Waals surface area contributed by atoms with Crippen LogP contribution in [0.2, 0.25) is 0 Å². The minimum Gasteiger partial charge on any atom is -0.279 e. The number of azo groups is 1. The van der Waals surface area contributed by atoms with Gasteiger partial charge in [0.05, 0.1) is 22.9 Å². The molecule has 0 aliphatic heterocycles. The SMILES string of the molecule is [C-]#[N+]c1cc(S(N)(=O)=O)ccc1N=Nc1c(C)cn2[nH]c(C(C)CNS(=O)(=O)CCCCCCCC)nc12. The lowest BCUT2D eigenvalue weighted by Gasteiger charge is -2.11. The number of rotatable bonds is 14. The van der Waals surface area contributed by atoms with E-state index < -0.39 is 20.0 Å². The molecule has 38 heavy (non-hydrogen) atoms. The number of nitrogens with zero attached hydrogens (tertiary/aromatic N) is 5. The molecule has 2 aromatic heterocycles. The Morgan fingerprint density at radius 3 is 2.55 bits per heavy atom. The number of hydrogen-bond acceptors (Lipinski definition) is 7. The van der Waals surface area contributed by atoms with E-state index in [0.717, 1.165) is 37.3 Å². The summed E-state index contributed by atoms with van der Waals surface area (Å²) >= 11 is 0. The van der Waals surface area contributed by atoms with Crippen LogP contribution in [0.25, 0.3) is 10.5 Å². The van der Waals surface area contributed by atoms with Crippen molar-refractivity contribution in [2.75, 3.05) is 12.3 Å². The molecule has 3 rings (SSSR count). The molecule has 3 aromatic rings. The normalized spacial score (nSPS) is 13.3. The summed E-state index contributed by atoms with van der Waals surface area (Å²) in [6.07, 6.45) is 7.87. The number of benzene rings is 1. The van der Waals surface area contributed by atoms with Gasteiger partial charge in [-0.25, -0.2) is 41.0 Å². The molecule has 14 heteroatoms. The molecule has 0 bridgehead atoms. The maximum atomic E-state index is 12.4. The number of sulfonamides is 2. The number of primary sulfonamides is 1. The lowest BCUT2D eigenvalue weighted by Crippen LogP contribution is -2.30. The van der Waals surface area contributed by atoms with E-state index in [1.165, 1.54) is 18.6 Å². The van der Waals surface area contributed by atoms with Gasteiger partial charge in [-0.15, -0.1) is 5.11 Å². The Labute approximate surface area is 223 Å². The van der Waals surface area contributed by atoms with Gasteiger partial charge in [0, 0.05) is 18.7 Å². The molecule has 0 amide bonds. The summed E-state index contributed by atoms with van der Waals surface area (Å²) in [7, 11) is -7.32. The monoisotopic (exact) mass is 562 g/mol. The summed E-state index contributed by atoms with van der Waals surface area (Å²) in [5.41, 5.74) is 1.92. The molecule has 0 spiro atoms. The topological polar surface area (TPSA) is 168 Å². The molecule has 206 valence electrons. The molecule has 1 unspecified atom stereocenters. The number of nitrogens with one attached hydrogen (secondary N) is 2. The van der Waals surface area contributed by atoms with Gasteiger partial charge in [0.2, 0.25) is 25.7 Å². The number of aromatic amines is 1. The minimum atomic E-state index is -3.95. The molecule has 0 aliphatic rings. The average molecular weight is 563 g/mol. The predicted octanol–water partition coefficient (Wildman–Crippen LogP) is 4.97. The van der Waals surface area contributed by atoms with E-state index in [4.69, 9.17) is 11.7 Å². The summed E-state index contributed by atoms with van der Waals surface area (Å²) in [6, 6.07) is 3.79. The number of aryl methyl sites for hydroxylation is 1. The zero-order valence-corrected chi connectivity index (χ0v) is 23.4. The van der Waals surface area contributed by atoms with Gasteiger partial charge in [0.25, 0.3) is 0 Å². The Morgan fingerprint density at radius 1 is 1.16 bits per heavy atom. The van der Waals surface area contributed by atoms with Crippen LogP contribution in [0.1, 0.15) is 69.7 Å². The van der Waals surface area contributed by atoms with Gasteiger partial charge in [-0.05, 0) is 37.1 Å². The van der Waals surface area contributed by atoms with Crippen LogP contribution in [0.15, 0.2) is 39.5 Å². The third-order valence-corrected chi connectivity index (χ3v) is 8.44. The van der Waals surface area contributed by atoms with Gasteiger partial charge in [0.15, 0.2) is 5.65 Å². The van der Waals surface area contributed by atoms with E-state index in [1.807, 2.05) is 13.8 Å². The summed E-state index contributed by atoms with van der Waals surface area (Å²) in [6.45, 7) is 13.4. The quantitative estimate of drug-likeness (QED) is 0.143. The van der Waals surface area contributed by atoms with Crippen LogP contribution in [0.4, 0.5) is 17.1 Å². The van der Waals surface area contributed by atoms with Crippen molar-refractivity contribution in [3.8, 4) is 0 Å². The molecule has 2 heterocycles. The van der Waals surface area contributed by atoms with Crippen molar-refractivity contribution in [3.63, 3.8) is 0 Å². The number of aromatic nitrogens is 3. The summed E-state index contributed by atoms with van der Waals surface area (Å²) in [5.74, 6) is 0.470. The van der Waals surface area contributed by atoms with E-state index in [-0.39, 0.29) is 34.5 Å². The Morgan fingerprint density at radius 2 is 1.87 bits per heavy atom. The molecule has 4 N–H and O–H groups in total. The second-order valence-electron chi connectivity index (χ2n) is 9.31. The number of fused-ring (bicyclic) bond motifs is 1. The molecule has 0 aliphatic carbocycles. The highest BCUT2D eigenvalue weighted by Gasteiger charge is 2.19. The number of H-pyrrole nitrogens is 1. The van der Waals surface area contributed by atoms with E-state index in [1.54, 1.807) is 10.7 Å². The van der Waals surface area contributed by atoms with Crippen molar-refractivity contribution >= 4 is 42.8 Å². The lowest BCUT2D eigenvalue weighted by atomic mass is 10.1. The van der Waals surface area contributed by atoms with Gasteiger partial charge in [-0.2, -0.15) is 5.11 Å². The van der Waals surface area contributed by atoms with Crippen LogP contribution in [0.5, 0.6) is 0 Å². The first-order valence-corrected chi connectivity index (χ1v) is 15.7. The Hall–Kier alpha value is -3.12. The molecular formula is C24H34N8O4S2. The smallest absolute Gasteiger partial charge is 0.236 e. The van der Waals surface area contributed by atoms with Crippen molar-refractivity contribution in [2.45, 2.75) is 70.1 Å². The number of hydrogen-bond donors (Lipinski definition) is 3. The highest BCUT2D eigenvalue weighted by atomic mass is 32.2. The van der Waals surface area contributed by atoms with Gasteiger partial charge in [0.1, 0.15) is 11.5 Å². The molecular weight excluding hydrogens is 528 g/mol. The van der Waals surface area contributed by atoms with Crippen molar-refractivity contribution in [2.24, 2.45) is 15.4 Å². The first-order valence-electron chi connectivity index (χ1n) is 12.5. The first kappa shape index (κ1) is 29.4. The third kappa shape index (κ3) is 7.70. The van der Waals surface area contributed by atoms with Gasteiger partial charge >= 0.3 is 0 Å². The zero-order chi connectivity index (χ0) is 27.9. The largest absolute Gasteiger partial charge is 0.279 e. The average Bonchev–Trinajstić information content (AvgIpc) is 3.40. The zero-order valence-electron chi connectivity index (χ0n) is 21.8. The van der Waals surface area contributed by atoms with Crippen LogP contribution in [-0.4, -0.2) is 43.7 Å². The van der Waals surface area contributed by atoms with Crippen LogP contribution in [-0.2, 0) is 20.0 Å². The molecule has 12 nitrogen and oxygen atoms in total. The molecule has 1 atom stereocenters. The second kappa shape index (κ2) is 12.6. The van der Waals surface area contributed by atoms with Crippen LogP contribution >= 0.6 is 0 Å². The first-order chi connectivity index (χ1) is 17.9. The van der Waals surface area contributed by atoms with Crippen LogP contribution < -0.4 is 9.86 Å². The molecule has 0 saturated carbocycles. The van der Waals surface area contributed by atoms with Crippen molar-refractivity contribution in [3.05, 3.63) is 47.2 Å². The van der Waals surface area contributed by atoms with Crippen LogP contribution in [0, 0.1) is 13.5 Å². The van der Waals surface area contributed by atoms with E-state index >= 15 is 0 Å². The summed E-state index contributed by atoms with van der Waals surface area (Å²) in [5, 5.41) is 16.7. The highest BCUT2D eigenvalue weighted by molar-refractivity contribution is 7.89. The Bertz CT molecular complexity index is 1550.